The van der Waals surface area contributed by atoms with Crippen molar-refractivity contribution in [2.45, 2.75) is 26.8 Å². The number of piperazine rings is 1. The number of amides is 1. The van der Waals surface area contributed by atoms with Crippen LogP contribution in [0.1, 0.15) is 42.7 Å². The predicted octanol–water partition coefficient (Wildman–Crippen LogP) is 4.48. The normalized spacial score (nSPS) is 19.7. The van der Waals surface area contributed by atoms with Crippen molar-refractivity contribution in [2.75, 3.05) is 45.8 Å². The van der Waals surface area contributed by atoms with Crippen LogP contribution in [0.3, 0.4) is 0 Å². The maximum absolute atomic E-state index is 12.8. The van der Waals surface area contributed by atoms with Gasteiger partial charge in [0.05, 0.1) is 11.8 Å². The van der Waals surface area contributed by atoms with Crippen LogP contribution in [0.2, 0.25) is 0 Å². The van der Waals surface area contributed by atoms with Crippen LogP contribution >= 0.6 is 0 Å². The molecule has 5 heteroatoms. The first-order valence-electron chi connectivity index (χ1n) is 11.7. The summed E-state index contributed by atoms with van der Waals surface area (Å²) in [5.74, 6) is 0.0803. The summed E-state index contributed by atoms with van der Waals surface area (Å²) in [5, 5.41) is 0. The molecule has 170 valence electrons. The molecule has 1 aromatic rings. The van der Waals surface area contributed by atoms with E-state index in [1.165, 1.54) is 0 Å². The van der Waals surface area contributed by atoms with Gasteiger partial charge >= 0.3 is 0 Å². The summed E-state index contributed by atoms with van der Waals surface area (Å²) in [6.45, 7) is 20.8. The Morgan fingerprint density at radius 3 is 2.34 bits per heavy atom. The first kappa shape index (κ1) is 23.9. The third-order valence-corrected chi connectivity index (χ3v) is 6.41. The summed E-state index contributed by atoms with van der Waals surface area (Å²) in [6, 6.07) is 8.17. The van der Waals surface area contributed by atoms with E-state index in [2.05, 4.69) is 53.1 Å². The Bertz CT molecular complexity index is 913. The molecule has 5 nitrogen and oxygen atoms in total. The Labute approximate surface area is 193 Å². The van der Waals surface area contributed by atoms with E-state index in [0.29, 0.717) is 13.1 Å². The Hall–Kier alpha value is -2.76. The molecule has 0 radical (unpaired) electrons. The molecule has 0 bridgehead atoms. The molecule has 0 saturated carbocycles. The summed E-state index contributed by atoms with van der Waals surface area (Å²) in [4.78, 5) is 24.2. The number of hydrogen-bond donors (Lipinski definition) is 0. The van der Waals surface area contributed by atoms with Gasteiger partial charge in [0, 0.05) is 51.0 Å². The Kier molecular flexibility index (Phi) is 8.37. The largest absolute Gasteiger partial charge is 0.339 e. The predicted molar refractivity (Wildman–Crippen MR) is 134 cm³/mol. The van der Waals surface area contributed by atoms with Crippen LogP contribution < -0.4 is 0 Å². The number of carbonyl (C=O) groups is 1. The summed E-state index contributed by atoms with van der Waals surface area (Å²) >= 11 is 0. The maximum Gasteiger partial charge on any atom is 0.253 e. The number of benzene rings is 1. The lowest BCUT2D eigenvalue weighted by Crippen LogP contribution is -2.48. The summed E-state index contributed by atoms with van der Waals surface area (Å²) < 4.78 is 0. The monoisotopic (exact) mass is 432 g/mol. The lowest BCUT2D eigenvalue weighted by Gasteiger charge is -2.40. The summed E-state index contributed by atoms with van der Waals surface area (Å²) in [6.07, 6.45) is 7.77. The van der Waals surface area contributed by atoms with E-state index in [1.54, 1.807) is 6.20 Å². The van der Waals surface area contributed by atoms with Crippen molar-refractivity contribution in [1.29, 1.82) is 0 Å². The molecule has 1 aliphatic carbocycles. The standard InChI is InChI=1S/C27H36N4O/c1-6-28-25-21(5)11-10-12-24(25)26(31-19-17-29(7-2)18-20-31)22-13-15-23(16-14-22)27(32)30(8-3)9-4/h6,10-16,26H,1,5,7-9,17-20H2,2-4H3. The average molecular weight is 433 g/mol. The van der Waals surface area contributed by atoms with Gasteiger partial charge < -0.3 is 9.80 Å². The SMILES string of the molecule is C=CN=C1C(=C)C=CC=C1C(c1ccc(C(=O)N(CC)CC)cc1)N1CCN(CC)CC1. The number of likely N-dealkylation sites (N-methyl/N-ethyl adjacent to an activating group) is 1. The van der Waals surface area contributed by atoms with Crippen LogP contribution in [0.15, 0.2) is 78.0 Å². The lowest BCUT2D eigenvalue weighted by atomic mass is 9.87. The van der Waals surface area contributed by atoms with Crippen molar-refractivity contribution in [3.8, 4) is 0 Å². The second-order valence-electron chi connectivity index (χ2n) is 8.14. The van der Waals surface area contributed by atoms with E-state index in [1.807, 2.05) is 43.0 Å². The zero-order valence-electron chi connectivity index (χ0n) is 19.8. The molecule has 0 spiro atoms. The van der Waals surface area contributed by atoms with E-state index in [0.717, 1.165) is 60.7 Å². The molecular formula is C27H36N4O. The first-order chi connectivity index (χ1) is 15.5. The number of allylic oxidation sites excluding steroid dienone is 4. The van der Waals surface area contributed by atoms with Crippen molar-refractivity contribution in [3.05, 3.63) is 84.1 Å². The van der Waals surface area contributed by atoms with E-state index in [4.69, 9.17) is 0 Å². The maximum atomic E-state index is 12.8. The molecular weight excluding hydrogens is 396 g/mol. The number of hydrogen-bond acceptors (Lipinski definition) is 4. The molecule has 1 aliphatic heterocycles. The molecule has 1 atom stereocenters. The molecule has 2 aliphatic rings. The highest BCUT2D eigenvalue weighted by atomic mass is 16.2. The Balaban J connectivity index is 1.98. The van der Waals surface area contributed by atoms with Gasteiger partial charge in [-0.1, -0.05) is 50.4 Å². The van der Waals surface area contributed by atoms with Crippen molar-refractivity contribution < 1.29 is 4.79 Å². The molecule has 3 rings (SSSR count). The van der Waals surface area contributed by atoms with Crippen LogP contribution in [0.4, 0.5) is 0 Å². The van der Waals surface area contributed by atoms with Gasteiger partial charge in [0.1, 0.15) is 0 Å². The smallest absolute Gasteiger partial charge is 0.253 e. The second kappa shape index (κ2) is 11.2. The van der Waals surface area contributed by atoms with Gasteiger partial charge in [-0.15, -0.1) is 0 Å². The van der Waals surface area contributed by atoms with Crippen LogP contribution in [0.25, 0.3) is 0 Å². The van der Waals surface area contributed by atoms with Gasteiger partial charge in [-0.3, -0.25) is 14.7 Å². The highest BCUT2D eigenvalue weighted by Crippen LogP contribution is 2.34. The molecule has 1 amide bonds. The van der Waals surface area contributed by atoms with Gasteiger partial charge in [-0.05, 0) is 49.2 Å². The minimum Gasteiger partial charge on any atom is -0.339 e. The van der Waals surface area contributed by atoms with Crippen molar-refractivity contribution in [1.82, 2.24) is 14.7 Å². The first-order valence-corrected chi connectivity index (χ1v) is 11.7. The fourth-order valence-electron chi connectivity index (χ4n) is 4.51. The number of rotatable bonds is 8. The molecule has 1 fully saturated rings. The Morgan fingerprint density at radius 2 is 1.78 bits per heavy atom. The zero-order chi connectivity index (χ0) is 23.1. The quantitative estimate of drug-likeness (QED) is 0.608. The van der Waals surface area contributed by atoms with Gasteiger partial charge in [-0.2, -0.15) is 0 Å². The molecule has 1 saturated heterocycles. The Morgan fingerprint density at radius 1 is 1.12 bits per heavy atom. The fourth-order valence-corrected chi connectivity index (χ4v) is 4.51. The van der Waals surface area contributed by atoms with Gasteiger partial charge in [0.25, 0.3) is 5.91 Å². The average Bonchev–Trinajstić information content (AvgIpc) is 2.83. The second-order valence-corrected chi connectivity index (χ2v) is 8.14. The van der Waals surface area contributed by atoms with Gasteiger partial charge in [0.2, 0.25) is 0 Å². The van der Waals surface area contributed by atoms with Crippen molar-refractivity contribution >= 4 is 11.6 Å². The molecule has 0 aromatic heterocycles. The van der Waals surface area contributed by atoms with E-state index in [9.17, 15) is 4.79 Å². The van der Waals surface area contributed by atoms with Gasteiger partial charge in [-0.25, -0.2) is 0 Å². The minimum absolute atomic E-state index is 0.0482. The molecule has 1 unspecified atom stereocenters. The van der Waals surface area contributed by atoms with Crippen LogP contribution in [0.5, 0.6) is 0 Å². The summed E-state index contributed by atoms with van der Waals surface area (Å²) in [7, 11) is 0. The summed E-state index contributed by atoms with van der Waals surface area (Å²) in [5.41, 5.74) is 4.80. The third kappa shape index (κ3) is 5.17. The van der Waals surface area contributed by atoms with E-state index >= 15 is 0 Å². The number of aliphatic imine (C=N–C) groups is 1. The topological polar surface area (TPSA) is 39.2 Å². The van der Waals surface area contributed by atoms with Gasteiger partial charge in [0.15, 0.2) is 0 Å². The highest BCUT2D eigenvalue weighted by Gasteiger charge is 2.31. The lowest BCUT2D eigenvalue weighted by molar-refractivity contribution is 0.0773. The van der Waals surface area contributed by atoms with Crippen LogP contribution in [-0.2, 0) is 0 Å². The van der Waals surface area contributed by atoms with Crippen molar-refractivity contribution in [3.63, 3.8) is 0 Å². The number of carbonyl (C=O) groups excluding carboxylic acids is 1. The molecule has 1 aromatic carbocycles. The minimum atomic E-state index is 0.0482. The van der Waals surface area contributed by atoms with Crippen LogP contribution in [-0.4, -0.2) is 72.1 Å². The van der Waals surface area contributed by atoms with Crippen LogP contribution in [0, 0.1) is 0 Å². The highest BCUT2D eigenvalue weighted by molar-refractivity contribution is 6.16. The number of nitrogens with zero attached hydrogens (tertiary/aromatic N) is 4. The van der Waals surface area contributed by atoms with Crippen molar-refractivity contribution in [2.24, 2.45) is 4.99 Å². The molecule has 1 heterocycles. The third-order valence-electron chi connectivity index (χ3n) is 6.41. The van der Waals surface area contributed by atoms with E-state index in [-0.39, 0.29) is 11.9 Å². The zero-order valence-corrected chi connectivity index (χ0v) is 19.8. The van der Waals surface area contributed by atoms with E-state index < -0.39 is 0 Å². The molecule has 32 heavy (non-hydrogen) atoms. The fraction of sp³-hybridized carbons (Fsp3) is 0.407. The molecule has 0 N–H and O–H groups in total.